The molecule has 0 radical (unpaired) electrons. The number of aromatic nitrogens is 1. The van der Waals surface area contributed by atoms with E-state index in [1.54, 1.807) is 0 Å². The zero-order valence-electron chi connectivity index (χ0n) is 12.4. The van der Waals surface area contributed by atoms with Gasteiger partial charge in [-0.05, 0) is 43.3 Å². The van der Waals surface area contributed by atoms with Gasteiger partial charge in [0.25, 0.3) is 0 Å². The Labute approximate surface area is 130 Å². The molecule has 1 atom stereocenters. The molecule has 2 aromatic carbocycles. The van der Waals surface area contributed by atoms with Crippen LogP contribution in [0.2, 0.25) is 0 Å². The summed E-state index contributed by atoms with van der Waals surface area (Å²) in [5, 5.41) is 0. The average Bonchev–Trinajstić information content (AvgIpc) is 2.88. The summed E-state index contributed by atoms with van der Waals surface area (Å²) in [6.45, 7) is 2.21. The predicted octanol–water partition coefficient (Wildman–Crippen LogP) is 4.72. The summed E-state index contributed by atoms with van der Waals surface area (Å²) < 4.78 is 0. The Hall–Kier alpha value is -2.81. The fraction of sp³-hybridized carbons (Fsp3) is 0.105. The highest BCUT2D eigenvalue weighted by molar-refractivity contribution is 5.85. The van der Waals surface area contributed by atoms with Crippen LogP contribution in [0.5, 0.6) is 0 Å². The van der Waals surface area contributed by atoms with E-state index in [-0.39, 0.29) is 6.17 Å². The number of hydrogen-bond donors (Lipinski definition) is 0. The zero-order chi connectivity index (χ0) is 14.9. The quantitative estimate of drug-likeness (QED) is 0.680. The van der Waals surface area contributed by atoms with Crippen LogP contribution in [0.3, 0.4) is 0 Å². The predicted molar refractivity (Wildman–Crippen MR) is 90.9 cm³/mol. The molecule has 0 N–H and O–H groups in total. The molecule has 1 aromatic heterocycles. The summed E-state index contributed by atoms with van der Waals surface area (Å²) in [6.07, 6.45) is 2.03. The van der Waals surface area contributed by atoms with Crippen molar-refractivity contribution in [2.24, 2.45) is 0 Å². The van der Waals surface area contributed by atoms with E-state index >= 15 is 0 Å². The van der Waals surface area contributed by atoms with Crippen LogP contribution >= 0.6 is 0 Å². The second-order valence-corrected chi connectivity index (χ2v) is 5.39. The van der Waals surface area contributed by atoms with E-state index in [9.17, 15) is 0 Å². The maximum Gasteiger partial charge on any atom is 0.158 e. The SMILES string of the molecule is CC1N(c2ccccc2)c2cccnc2N1c1ccccc1. The van der Waals surface area contributed by atoms with Crippen LogP contribution in [0.1, 0.15) is 6.92 Å². The Kier molecular flexibility index (Phi) is 3.04. The van der Waals surface area contributed by atoms with Crippen LogP contribution in [-0.2, 0) is 0 Å². The van der Waals surface area contributed by atoms with Crippen molar-refractivity contribution in [3.8, 4) is 0 Å². The Bertz CT molecular complexity index is 704. The number of pyridine rings is 1. The van der Waals surface area contributed by atoms with E-state index in [4.69, 9.17) is 0 Å². The molecule has 0 aliphatic carbocycles. The van der Waals surface area contributed by atoms with Gasteiger partial charge in [-0.2, -0.15) is 0 Å². The molecule has 2 heterocycles. The molecular weight excluding hydrogens is 270 g/mol. The summed E-state index contributed by atoms with van der Waals surface area (Å²) >= 11 is 0. The zero-order valence-corrected chi connectivity index (χ0v) is 12.4. The van der Waals surface area contributed by atoms with E-state index < -0.39 is 0 Å². The molecule has 108 valence electrons. The van der Waals surface area contributed by atoms with Gasteiger partial charge in [-0.15, -0.1) is 0 Å². The Balaban J connectivity index is 1.87. The maximum absolute atomic E-state index is 4.63. The summed E-state index contributed by atoms with van der Waals surface area (Å²) in [5.41, 5.74) is 3.49. The Morgan fingerprint density at radius 1 is 0.727 bits per heavy atom. The monoisotopic (exact) mass is 287 g/mol. The van der Waals surface area contributed by atoms with Crippen LogP contribution in [0.25, 0.3) is 0 Å². The number of anilines is 4. The van der Waals surface area contributed by atoms with E-state index in [1.807, 2.05) is 24.4 Å². The van der Waals surface area contributed by atoms with Crippen molar-refractivity contribution >= 4 is 22.9 Å². The molecule has 3 heteroatoms. The fourth-order valence-corrected chi connectivity index (χ4v) is 3.13. The third-order valence-corrected chi connectivity index (χ3v) is 4.07. The molecule has 4 rings (SSSR count). The lowest BCUT2D eigenvalue weighted by Crippen LogP contribution is -2.35. The molecule has 1 unspecified atom stereocenters. The lowest BCUT2D eigenvalue weighted by atomic mass is 10.2. The van der Waals surface area contributed by atoms with Gasteiger partial charge in [0.15, 0.2) is 5.82 Å². The van der Waals surface area contributed by atoms with Gasteiger partial charge in [0.05, 0.1) is 5.69 Å². The molecule has 0 saturated heterocycles. The van der Waals surface area contributed by atoms with Gasteiger partial charge >= 0.3 is 0 Å². The van der Waals surface area contributed by atoms with Gasteiger partial charge in [0.2, 0.25) is 0 Å². The smallest absolute Gasteiger partial charge is 0.158 e. The first-order valence-electron chi connectivity index (χ1n) is 7.50. The minimum atomic E-state index is 0.176. The van der Waals surface area contributed by atoms with Gasteiger partial charge in [-0.25, -0.2) is 4.98 Å². The number of fused-ring (bicyclic) bond motifs is 1. The van der Waals surface area contributed by atoms with Gasteiger partial charge < -0.3 is 9.80 Å². The van der Waals surface area contributed by atoms with Crippen LogP contribution in [0, 0.1) is 0 Å². The molecule has 3 aromatic rings. The van der Waals surface area contributed by atoms with Crippen LogP contribution in [0.4, 0.5) is 22.9 Å². The first kappa shape index (κ1) is 12.9. The van der Waals surface area contributed by atoms with E-state index in [1.165, 1.54) is 5.69 Å². The number of rotatable bonds is 2. The standard InChI is InChI=1S/C19H17N3/c1-15-21(16-9-4-2-5-10-16)18-13-8-14-20-19(18)22(15)17-11-6-3-7-12-17/h2-15H,1H3. The van der Waals surface area contributed by atoms with Crippen LogP contribution < -0.4 is 9.80 Å². The number of hydrogen-bond acceptors (Lipinski definition) is 3. The Morgan fingerprint density at radius 2 is 1.32 bits per heavy atom. The van der Waals surface area contributed by atoms with Crippen molar-refractivity contribution in [2.75, 3.05) is 9.80 Å². The summed E-state index contributed by atoms with van der Waals surface area (Å²) in [4.78, 5) is 9.24. The van der Waals surface area contributed by atoms with Crippen molar-refractivity contribution in [3.63, 3.8) is 0 Å². The lowest BCUT2D eigenvalue weighted by Gasteiger charge is -2.29. The largest absolute Gasteiger partial charge is 0.317 e. The number of nitrogens with zero attached hydrogens (tertiary/aromatic N) is 3. The maximum atomic E-state index is 4.63. The highest BCUT2D eigenvalue weighted by atomic mass is 15.4. The van der Waals surface area contributed by atoms with E-state index in [0.29, 0.717) is 0 Å². The summed E-state index contributed by atoms with van der Waals surface area (Å²) in [6, 6.07) is 25.0. The second-order valence-electron chi connectivity index (χ2n) is 5.39. The molecule has 1 aliphatic rings. The molecule has 22 heavy (non-hydrogen) atoms. The minimum absolute atomic E-state index is 0.176. The van der Waals surface area contributed by atoms with E-state index in [2.05, 4.69) is 76.3 Å². The Morgan fingerprint density at radius 3 is 1.95 bits per heavy atom. The van der Waals surface area contributed by atoms with E-state index in [0.717, 1.165) is 17.2 Å². The van der Waals surface area contributed by atoms with Crippen LogP contribution in [-0.4, -0.2) is 11.1 Å². The summed E-state index contributed by atoms with van der Waals surface area (Å²) in [7, 11) is 0. The van der Waals surface area contributed by atoms with Crippen molar-refractivity contribution in [1.29, 1.82) is 0 Å². The highest BCUT2D eigenvalue weighted by Crippen LogP contribution is 2.45. The number of para-hydroxylation sites is 2. The average molecular weight is 287 g/mol. The lowest BCUT2D eigenvalue weighted by molar-refractivity contribution is 0.757. The van der Waals surface area contributed by atoms with Crippen molar-refractivity contribution in [3.05, 3.63) is 79.0 Å². The van der Waals surface area contributed by atoms with Gasteiger partial charge in [0, 0.05) is 17.6 Å². The second kappa shape index (κ2) is 5.19. The van der Waals surface area contributed by atoms with Crippen molar-refractivity contribution in [1.82, 2.24) is 4.98 Å². The topological polar surface area (TPSA) is 19.4 Å². The molecule has 1 aliphatic heterocycles. The molecule has 3 nitrogen and oxygen atoms in total. The molecule has 0 spiro atoms. The van der Waals surface area contributed by atoms with Crippen LogP contribution in [0.15, 0.2) is 79.0 Å². The first-order chi connectivity index (χ1) is 10.9. The van der Waals surface area contributed by atoms with Gasteiger partial charge in [-0.1, -0.05) is 36.4 Å². The first-order valence-corrected chi connectivity index (χ1v) is 7.50. The molecule has 0 fully saturated rings. The van der Waals surface area contributed by atoms with Gasteiger partial charge in [-0.3, -0.25) is 0 Å². The van der Waals surface area contributed by atoms with Crippen molar-refractivity contribution in [2.45, 2.75) is 13.1 Å². The van der Waals surface area contributed by atoms with Crippen molar-refractivity contribution < 1.29 is 0 Å². The molecule has 0 saturated carbocycles. The normalized spacial score (nSPS) is 16.7. The third-order valence-electron chi connectivity index (χ3n) is 4.07. The number of benzene rings is 2. The molecule has 0 bridgehead atoms. The fourth-order valence-electron chi connectivity index (χ4n) is 3.13. The molecular formula is C19H17N3. The summed E-state index contributed by atoms with van der Waals surface area (Å²) in [5.74, 6) is 1.00. The van der Waals surface area contributed by atoms with Gasteiger partial charge in [0.1, 0.15) is 6.17 Å². The third kappa shape index (κ3) is 1.94. The minimum Gasteiger partial charge on any atom is -0.317 e. The highest BCUT2D eigenvalue weighted by Gasteiger charge is 2.35. The molecule has 0 amide bonds.